The maximum atomic E-state index is 6.19. The van der Waals surface area contributed by atoms with E-state index in [0.29, 0.717) is 22.0 Å². The van der Waals surface area contributed by atoms with Crippen molar-refractivity contribution in [2.75, 3.05) is 6.54 Å². The van der Waals surface area contributed by atoms with Crippen molar-refractivity contribution in [2.24, 2.45) is 5.92 Å². The molecule has 0 radical (unpaired) electrons. The van der Waals surface area contributed by atoms with Gasteiger partial charge in [-0.15, -0.1) is 0 Å². The second-order valence-corrected chi connectivity index (χ2v) is 5.42. The minimum atomic E-state index is 0.491. The van der Waals surface area contributed by atoms with Crippen LogP contribution in [0.5, 0.6) is 0 Å². The molecule has 1 N–H and O–H groups in total. The lowest BCUT2D eigenvalue weighted by atomic mass is 9.95. The fraction of sp³-hybridized carbons (Fsp3) is 0.571. The third kappa shape index (κ3) is 4.50. The lowest BCUT2D eigenvalue weighted by molar-refractivity contribution is 0.399. The molecule has 0 fully saturated rings. The zero-order chi connectivity index (χ0) is 12.8. The normalized spacial score (nSPS) is 14.6. The van der Waals surface area contributed by atoms with Gasteiger partial charge in [-0.3, -0.25) is 0 Å². The van der Waals surface area contributed by atoms with E-state index in [1.165, 1.54) is 0 Å². The molecule has 0 aliphatic heterocycles. The van der Waals surface area contributed by atoms with Crippen molar-refractivity contribution in [1.82, 2.24) is 5.32 Å². The summed E-state index contributed by atoms with van der Waals surface area (Å²) in [7, 11) is 0. The standard InChI is InChI=1S/C14H21Cl2N/c1-4-8-17-11(3)10(2)9-12-6-5-7-13(15)14(12)16/h5-7,10-11,17H,4,8-9H2,1-3H3. The van der Waals surface area contributed by atoms with Crippen molar-refractivity contribution in [3.63, 3.8) is 0 Å². The van der Waals surface area contributed by atoms with Gasteiger partial charge in [0.05, 0.1) is 10.0 Å². The largest absolute Gasteiger partial charge is 0.314 e. The van der Waals surface area contributed by atoms with E-state index in [4.69, 9.17) is 23.2 Å². The van der Waals surface area contributed by atoms with Crippen LogP contribution in [0, 0.1) is 5.92 Å². The second kappa shape index (κ2) is 7.25. The Labute approximate surface area is 115 Å². The molecule has 2 atom stereocenters. The topological polar surface area (TPSA) is 12.0 Å². The van der Waals surface area contributed by atoms with Gasteiger partial charge in [0.15, 0.2) is 0 Å². The first-order chi connectivity index (χ1) is 8.06. The SMILES string of the molecule is CCCNC(C)C(C)Cc1cccc(Cl)c1Cl. The molecule has 0 bridgehead atoms. The number of hydrogen-bond donors (Lipinski definition) is 1. The third-order valence-electron chi connectivity index (χ3n) is 3.14. The Morgan fingerprint density at radius 1 is 1.24 bits per heavy atom. The molecule has 0 aliphatic carbocycles. The molecule has 0 aromatic heterocycles. The van der Waals surface area contributed by atoms with E-state index in [1.807, 2.05) is 12.1 Å². The van der Waals surface area contributed by atoms with Gasteiger partial charge in [0.1, 0.15) is 0 Å². The Bertz CT molecular complexity index is 352. The number of halogens is 2. The van der Waals surface area contributed by atoms with E-state index in [-0.39, 0.29) is 0 Å². The lowest BCUT2D eigenvalue weighted by Crippen LogP contribution is -2.33. The summed E-state index contributed by atoms with van der Waals surface area (Å²) in [5.41, 5.74) is 1.14. The summed E-state index contributed by atoms with van der Waals surface area (Å²) in [6, 6.07) is 6.33. The summed E-state index contributed by atoms with van der Waals surface area (Å²) in [4.78, 5) is 0. The molecule has 3 heteroatoms. The van der Waals surface area contributed by atoms with E-state index in [0.717, 1.165) is 24.9 Å². The highest BCUT2D eigenvalue weighted by Crippen LogP contribution is 2.27. The van der Waals surface area contributed by atoms with Crippen LogP contribution in [-0.4, -0.2) is 12.6 Å². The Kier molecular flexibility index (Phi) is 6.32. The maximum Gasteiger partial charge on any atom is 0.0624 e. The predicted octanol–water partition coefficient (Wildman–Crippen LogP) is 4.56. The summed E-state index contributed by atoms with van der Waals surface area (Å²) in [6.07, 6.45) is 2.12. The molecular weight excluding hydrogens is 253 g/mol. The first-order valence-electron chi connectivity index (χ1n) is 6.22. The van der Waals surface area contributed by atoms with Crippen molar-refractivity contribution in [3.8, 4) is 0 Å². The summed E-state index contributed by atoms with van der Waals surface area (Å²) in [5, 5.41) is 4.85. The third-order valence-corrected chi connectivity index (χ3v) is 4.00. The van der Waals surface area contributed by atoms with Gasteiger partial charge in [0.2, 0.25) is 0 Å². The number of rotatable bonds is 6. The summed E-state index contributed by atoms with van der Waals surface area (Å²) in [6.45, 7) is 7.70. The van der Waals surface area contributed by atoms with E-state index >= 15 is 0 Å². The van der Waals surface area contributed by atoms with Gasteiger partial charge in [0.25, 0.3) is 0 Å². The van der Waals surface area contributed by atoms with E-state index in [9.17, 15) is 0 Å². The summed E-state index contributed by atoms with van der Waals surface area (Å²) in [5.74, 6) is 0.539. The Morgan fingerprint density at radius 2 is 1.94 bits per heavy atom. The molecule has 0 aliphatic rings. The highest BCUT2D eigenvalue weighted by atomic mass is 35.5. The molecule has 0 heterocycles. The minimum Gasteiger partial charge on any atom is -0.314 e. The zero-order valence-electron chi connectivity index (χ0n) is 10.8. The first-order valence-corrected chi connectivity index (χ1v) is 6.98. The number of hydrogen-bond acceptors (Lipinski definition) is 1. The van der Waals surface area contributed by atoms with Crippen molar-refractivity contribution in [2.45, 2.75) is 39.7 Å². The monoisotopic (exact) mass is 273 g/mol. The molecule has 1 nitrogen and oxygen atoms in total. The van der Waals surface area contributed by atoms with Gasteiger partial charge in [-0.05, 0) is 43.9 Å². The highest BCUT2D eigenvalue weighted by molar-refractivity contribution is 6.42. The van der Waals surface area contributed by atoms with Crippen molar-refractivity contribution in [1.29, 1.82) is 0 Å². The maximum absolute atomic E-state index is 6.19. The minimum absolute atomic E-state index is 0.491. The number of benzene rings is 1. The summed E-state index contributed by atoms with van der Waals surface area (Å²) >= 11 is 12.2. The van der Waals surface area contributed by atoms with Gasteiger partial charge in [-0.25, -0.2) is 0 Å². The molecule has 2 unspecified atom stereocenters. The average molecular weight is 274 g/mol. The molecule has 1 aromatic rings. The first kappa shape index (κ1) is 14.8. The van der Waals surface area contributed by atoms with Gasteiger partial charge in [0, 0.05) is 6.04 Å². The van der Waals surface area contributed by atoms with Gasteiger partial charge >= 0.3 is 0 Å². The molecule has 0 saturated heterocycles. The second-order valence-electron chi connectivity index (χ2n) is 4.64. The van der Waals surface area contributed by atoms with Crippen molar-refractivity contribution >= 4 is 23.2 Å². The van der Waals surface area contributed by atoms with Crippen LogP contribution in [0.1, 0.15) is 32.8 Å². The van der Waals surface area contributed by atoms with Gasteiger partial charge < -0.3 is 5.32 Å². The molecule has 96 valence electrons. The Morgan fingerprint density at radius 3 is 2.59 bits per heavy atom. The van der Waals surface area contributed by atoms with Crippen molar-refractivity contribution < 1.29 is 0 Å². The van der Waals surface area contributed by atoms with Crippen LogP contribution >= 0.6 is 23.2 Å². The Balaban J connectivity index is 2.61. The average Bonchev–Trinajstić information content (AvgIpc) is 2.31. The molecular formula is C14H21Cl2N. The molecule has 1 rings (SSSR count). The molecule has 17 heavy (non-hydrogen) atoms. The Hall–Kier alpha value is -0.240. The van der Waals surface area contributed by atoms with Gasteiger partial charge in [-0.2, -0.15) is 0 Å². The molecule has 1 aromatic carbocycles. The fourth-order valence-corrected chi connectivity index (χ4v) is 2.20. The lowest BCUT2D eigenvalue weighted by Gasteiger charge is -2.21. The molecule has 0 amide bonds. The highest BCUT2D eigenvalue weighted by Gasteiger charge is 2.14. The van der Waals surface area contributed by atoms with Crippen LogP contribution < -0.4 is 5.32 Å². The van der Waals surface area contributed by atoms with Crippen LogP contribution in [-0.2, 0) is 6.42 Å². The van der Waals surface area contributed by atoms with Crippen LogP contribution in [0.25, 0.3) is 0 Å². The zero-order valence-corrected chi connectivity index (χ0v) is 12.3. The van der Waals surface area contributed by atoms with Crippen LogP contribution in [0.3, 0.4) is 0 Å². The van der Waals surface area contributed by atoms with Crippen LogP contribution in [0.15, 0.2) is 18.2 Å². The smallest absolute Gasteiger partial charge is 0.0624 e. The van der Waals surface area contributed by atoms with Gasteiger partial charge in [-0.1, -0.05) is 49.2 Å². The summed E-state index contributed by atoms with van der Waals surface area (Å²) < 4.78 is 0. The van der Waals surface area contributed by atoms with E-state index < -0.39 is 0 Å². The van der Waals surface area contributed by atoms with Crippen LogP contribution in [0.2, 0.25) is 10.0 Å². The predicted molar refractivity (Wildman–Crippen MR) is 77.1 cm³/mol. The number of nitrogens with one attached hydrogen (secondary N) is 1. The quantitative estimate of drug-likeness (QED) is 0.801. The fourth-order valence-electron chi connectivity index (χ4n) is 1.80. The van der Waals surface area contributed by atoms with Crippen molar-refractivity contribution in [3.05, 3.63) is 33.8 Å². The van der Waals surface area contributed by atoms with Crippen LogP contribution in [0.4, 0.5) is 0 Å². The van der Waals surface area contributed by atoms with E-state index in [1.54, 1.807) is 0 Å². The molecule has 0 spiro atoms. The van der Waals surface area contributed by atoms with E-state index in [2.05, 4.69) is 32.2 Å². The molecule has 0 saturated carbocycles.